The molecule has 2 N–H and O–H groups in total. The van der Waals surface area contributed by atoms with E-state index >= 15 is 0 Å². The molecule has 1 aliphatic carbocycles. The van der Waals surface area contributed by atoms with Gasteiger partial charge in [-0.2, -0.15) is 0 Å². The molecule has 0 saturated heterocycles. The van der Waals surface area contributed by atoms with E-state index < -0.39 is 0 Å². The Morgan fingerprint density at radius 3 is 2.76 bits per heavy atom. The van der Waals surface area contributed by atoms with Gasteiger partial charge in [0, 0.05) is 17.7 Å². The van der Waals surface area contributed by atoms with Crippen molar-refractivity contribution in [3.63, 3.8) is 0 Å². The lowest BCUT2D eigenvalue weighted by molar-refractivity contribution is -0.116. The largest absolute Gasteiger partial charge is 0.496 e. The number of amides is 1. The third-order valence-corrected chi connectivity index (χ3v) is 4.24. The Hall–Kier alpha value is -1.55. The summed E-state index contributed by atoms with van der Waals surface area (Å²) in [5.74, 6) is 1.40. The number of benzene rings is 1. The van der Waals surface area contributed by atoms with Crippen molar-refractivity contribution in [2.75, 3.05) is 12.4 Å². The van der Waals surface area contributed by atoms with Gasteiger partial charge in [-0.05, 0) is 30.5 Å². The number of methoxy groups -OCH3 is 1. The van der Waals surface area contributed by atoms with Crippen molar-refractivity contribution in [1.82, 2.24) is 0 Å². The summed E-state index contributed by atoms with van der Waals surface area (Å²) in [5.41, 5.74) is 1.40. The minimum Gasteiger partial charge on any atom is -0.496 e. The Labute approximate surface area is 126 Å². The first-order valence-corrected chi connectivity index (χ1v) is 7.80. The number of nitrogens with one attached hydrogen (secondary N) is 1. The van der Waals surface area contributed by atoms with Crippen molar-refractivity contribution in [2.24, 2.45) is 5.92 Å². The fraction of sp³-hybridized carbons (Fsp3) is 0.588. The molecule has 0 aromatic heterocycles. The standard InChI is InChI=1S/C17H25NO3/c1-21-16-9-8-15(11-14(16)12-19)18-17(20)10-7-13-5-3-2-4-6-13/h8-9,11,13,19H,2-7,10,12H2,1H3,(H,18,20). The predicted octanol–water partition coefficient (Wildman–Crippen LogP) is 3.49. The third-order valence-electron chi connectivity index (χ3n) is 4.24. The lowest BCUT2D eigenvalue weighted by atomic mass is 9.86. The highest BCUT2D eigenvalue weighted by atomic mass is 16.5. The lowest BCUT2D eigenvalue weighted by Crippen LogP contribution is -2.15. The molecule has 1 amide bonds. The molecule has 116 valence electrons. The molecule has 0 bridgehead atoms. The summed E-state index contributed by atoms with van der Waals surface area (Å²) >= 11 is 0. The highest BCUT2D eigenvalue weighted by Crippen LogP contribution is 2.27. The first kappa shape index (κ1) is 15.8. The number of hydrogen-bond donors (Lipinski definition) is 2. The summed E-state index contributed by atoms with van der Waals surface area (Å²) < 4.78 is 5.15. The molecule has 1 aromatic rings. The molecule has 21 heavy (non-hydrogen) atoms. The molecule has 1 aliphatic rings. The van der Waals surface area contributed by atoms with E-state index in [4.69, 9.17) is 4.74 Å². The molecule has 2 rings (SSSR count). The summed E-state index contributed by atoms with van der Waals surface area (Å²) in [4.78, 5) is 12.0. The van der Waals surface area contributed by atoms with Crippen LogP contribution < -0.4 is 10.1 Å². The maximum atomic E-state index is 12.0. The number of ether oxygens (including phenoxy) is 1. The minimum atomic E-state index is -0.102. The zero-order valence-electron chi connectivity index (χ0n) is 12.7. The van der Waals surface area contributed by atoms with E-state index in [1.165, 1.54) is 32.1 Å². The Morgan fingerprint density at radius 1 is 1.33 bits per heavy atom. The van der Waals surface area contributed by atoms with Crippen molar-refractivity contribution in [2.45, 2.75) is 51.6 Å². The highest BCUT2D eigenvalue weighted by Gasteiger charge is 2.15. The number of hydrogen-bond acceptors (Lipinski definition) is 3. The van der Waals surface area contributed by atoms with Crippen LogP contribution in [-0.4, -0.2) is 18.1 Å². The number of carbonyl (C=O) groups excluding carboxylic acids is 1. The van der Waals surface area contributed by atoms with Crippen molar-refractivity contribution in [1.29, 1.82) is 0 Å². The molecular weight excluding hydrogens is 266 g/mol. The topological polar surface area (TPSA) is 58.6 Å². The van der Waals surface area contributed by atoms with Crippen LogP contribution in [0.5, 0.6) is 5.75 Å². The van der Waals surface area contributed by atoms with Crippen LogP contribution in [0.2, 0.25) is 0 Å². The quantitative estimate of drug-likeness (QED) is 0.843. The monoisotopic (exact) mass is 291 g/mol. The van der Waals surface area contributed by atoms with Gasteiger partial charge in [-0.25, -0.2) is 0 Å². The predicted molar refractivity (Wildman–Crippen MR) is 83.4 cm³/mol. The summed E-state index contributed by atoms with van der Waals surface area (Å²) in [5, 5.41) is 12.2. The fourth-order valence-corrected chi connectivity index (χ4v) is 3.01. The Balaban J connectivity index is 1.84. The van der Waals surface area contributed by atoms with Gasteiger partial charge in [0.25, 0.3) is 0 Å². The van der Waals surface area contributed by atoms with Crippen LogP contribution in [0.3, 0.4) is 0 Å². The minimum absolute atomic E-state index is 0.0506. The van der Waals surface area contributed by atoms with Crippen LogP contribution in [0.25, 0.3) is 0 Å². The second-order valence-electron chi connectivity index (χ2n) is 5.78. The Kier molecular flexibility index (Phi) is 6.05. The summed E-state index contributed by atoms with van der Waals surface area (Å²) in [6.45, 7) is -0.102. The molecule has 1 fully saturated rings. The zero-order chi connectivity index (χ0) is 15.1. The van der Waals surface area contributed by atoms with E-state index in [9.17, 15) is 9.90 Å². The van der Waals surface area contributed by atoms with Crippen molar-refractivity contribution in [3.8, 4) is 5.75 Å². The van der Waals surface area contributed by atoms with Crippen LogP contribution >= 0.6 is 0 Å². The smallest absolute Gasteiger partial charge is 0.224 e. The molecule has 0 aliphatic heterocycles. The van der Waals surface area contributed by atoms with E-state index in [0.29, 0.717) is 29.3 Å². The van der Waals surface area contributed by atoms with E-state index in [0.717, 1.165) is 6.42 Å². The Bertz CT molecular complexity index is 467. The maximum Gasteiger partial charge on any atom is 0.224 e. The van der Waals surface area contributed by atoms with Crippen LogP contribution in [-0.2, 0) is 11.4 Å². The average molecular weight is 291 g/mol. The van der Waals surface area contributed by atoms with E-state index in [1.807, 2.05) is 0 Å². The highest BCUT2D eigenvalue weighted by molar-refractivity contribution is 5.90. The first-order chi connectivity index (χ1) is 10.2. The maximum absolute atomic E-state index is 12.0. The van der Waals surface area contributed by atoms with Gasteiger partial charge >= 0.3 is 0 Å². The molecule has 0 atom stereocenters. The van der Waals surface area contributed by atoms with Crippen molar-refractivity contribution < 1.29 is 14.6 Å². The second-order valence-corrected chi connectivity index (χ2v) is 5.78. The Morgan fingerprint density at radius 2 is 2.10 bits per heavy atom. The number of carbonyl (C=O) groups is 1. The van der Waals surface area contributed by atoms with Gasteiger partial charge in [-0.15, -0.1) is 0 Å². The van der Waals surface area contributed by atoms with Gasteiger partial charge in [0.2, 0.25) is 5.91 Å². The van der Waals surface area contributed by atoms with E-state index in [-0.39, 0.29) is 12.5 Å². The average Bonchev–Trinajstić information content (AvgIpc) is 2.53. The van der Waals surface area contributed by atoms with Crippen molar-refractivity contribution in [3.05, 3.63) is 23.8 Å². The van der Waals surface area contributed by atoms with Crippen LogP contribution in [0.4, 0.5) is 5.69 Å². The molecule has 1 aromatic carbocycles. The van der Waals surface area contributed by atoms with Gasteiger partial charge in [0.15, 0.2) is 0 Å². The number of rotatable bonds is 6. The molecule has 4 heteroatoms. The summed E-state index contributed by atoms with van der Waals surface area (Å²) in [7, 11) is 1.57. The SMILES string of the molecule is COc1ccc(NC(=O)CCC2CCCCC2)cc1CO. The molecule has 0 unspecified atom stereocenters. The van der Waals surface area contributed by atoms with E-state index in [2.05, 4.69) is 5.32 Å². The normalized spacial score (nSPS) is 15.7. The first-order valence-electron chi connectivity index (χ1n) is 7.80. The molecule has 0 radical (unpaired) electrons. The molecule has 0 spiro atoms. The fourth-order valence-electron chi connectivity index (χ4n) is 3.01. The summed E-state index contributed by atoms with van der Waals surface area (Å²) in [6.07, 6.45) is 8.06. The van der Waals surface area contributed by atoms with Gasteiger partial charge in [-0.1, -0.05) is 32.1 Å². The molecule has 1 saturated carbocycles. The number of aliphatic hydroxyl groups is 1. The number of aliphatic hydroxyl groups excluding tert-OH is 1. The van der Waals surface area contributed by atoms with Gasteiger partial charge in [0.05, 0.1) is 13.7 Å². The van der Waals surface area contributed by atoms with Gasteiger partial charge < -0.3 is 15.2 Å². The zero-order valence-corrected chi connectivity index (χ0v) is 12.7. The molecular formula is C17H25NO3. The van der Waals surface area contributed by atoms with E-state index in [1.54, 1.807) is 25.3 Å². The molecule has 4 nitrogen and oxygen atoms in total. The lowest BCUT2D eigenvalue weighted by Gasteiger charge is -2.21. The number of anilines is 1. The second kappa shape index (κ2) is 8.03. The van der Waals surface area contributed by atoms with Gasteiger partial charge in [0.1, 0.15) is 5.75 Å². The van der Waals surface area contributed by atoms with Crippen LogP contribution in [0.1, 0.15) is 50.5 Å². The van der Waals surface area contributed by atoms with Gasteiger partial charge in [-0.3, -0.25) is 4.79 Å². The third kappa shape index (κ3) is 4.74. The summed E-state index contributed by atoms with van der Waals surface area (Å²) in [6, 6.07) is 5.33. The molecule has 0 heterocycles. The van der Waals surface area contributed by atoms with Crippen LogP contribution in [0, 0.1) is 5.92 Å². The van der Waals surface area contributed by atoms with Crippen LogP contribution in [0.15, 0.2) is 18.2 Å². The van der Waals surface area contributed by atoms with Crippen molar-refractivity contribution >= 4 is 11.6 Å².